The van der Waals surface area contributed by atoms with Crippen molar-refractivity contribution in [2.45, 2.75) is 31.7 Å². The number of rotatable bonds is 4. The Morgan fingerprint density at radius 2 is 2.00 bits per heavy atom. The Morgan fingerprint density at radius 3 is 2.56 bits per heavy atom. The van der Waals surface area contributed by atoms with Crippen molar-refractivity contribution >= 4 is 23.2 Å². The molecule has 1 atom stereocenters. The molecule has 168 valence electrons. The van der Waals surface area contributed by atoms with Gasteiger partial charge in [-0.3, -0.25) is 9.59 Å². The number of nitrogens with zero attached hydrogens (tertiary/aromatic N) is 4. The number of hydrogen-bond donors (Lipinski definition) is 2. The van der Waals surface area contributed by atoms with Crippen LogP contribution in [0.15, 0.2) is 47.5 Å². The van der Waals surface area contributed by atoms with Crippen molar-refractivity contribution in [3.05, 3.63) is 58.5 Å². The predicted molar refractivity (Wildman–Crippen MR) is 105 cm³/mol. The zero-order valence-electron chi connectivity index (χ0n) is 16.8. The number of aromatic nitrogens is 2. The van der Waals surface area contributed by atoms with Crippen molar-refractivity contribution in [3.63, 3.8) is 0 Å². The lowest BCUT2D eigenvalue weighted by molar-refractivity contribution is -0.137. The lowest BCUT2D eigenvalue weighted by Crippen LogP contribution is -2.43. The van der Waals surface area contributed by atoms with Gasteiger partial charge in [-0.25, -0.2) is 4.68 Å². The van der Waals surface area contributed by atoms with Crippen molar-refractivity contribution < 1.29 is 27.6 Å². The fourth-order valence-corrected chi connectivity index (χ4v) is 3.34. The van der Waals surface area contributed by atoms with Crippen LogP contribution in [0.4, 0.5) is 24.5 Å². The predicted octanol–water partition coefficient (Wildman–Crippen LogP) is 2.96. The monoisotopic (exact) mass is 450 g/mol. The summed E-state index contributed by atoms with van der Waals surface area (Å²) >= 11 is 0. The third-order valence-electron chi connectivity index (χ3n) is 4.89. The molecule has 0 spiro atoms. The smallest absolute Gasteiger partial charge is 0.402 e. The Balaban J connectivity index is 1.64. The normalized spacial score (nSPS) is 19.8. The number of hydrogen-bond acceptors (Lipinski definition) is 7. The number of hydroxylamine groups is 1. The van der Waals surface area contributed by atoms with Gasteiger partial charge in [0, 0.05) is 5.69 Å². The first-order valence-corrected chi connectivity index (χ1v) is 9.37. The second-order valence-corrected chi connectivity index (χ2v) is 7.79. The second kappa shape index (κ2) is 7.44. The molecule has 32 heavy (non-hydrogen) atoms. The summed E-state index contributed by atoms with van der Waals surface area (Å²) in [6.45, 7) is 3.32. The first kappa shape index (κ1) is 21.5. The summed E-state index contributed by atoms with van der Waals surface area (Å²) < 4.78 is 39.6. The van der Waals surface area contributed by atoms with Crippen molar-refractivity contribution in [2.24, 2.45) is 5.18 Å². The third kappa shape index (κ3) is 3.82. The Labute approximate surface area is 178 Å². The van der Waals surface area contributed by atoms with Crippen molar-refractivity contribution in [1.29, 1.82) is 0 Å². The summed E-state index contributed by atoms with van der Waals surface area (Å²) in [5, 5.41) is 9.45. The Bertz CT molecular complexity index is 1120. The average Bonchev–Trinajstić information content (AvgIpc) is 3.31. The van der Waals surface area contributed by atoms with E-state index in [1.165, 1.54) is 6.20 Å². The number of nitroso groups, excluding NO2 is 1. The summed E-state index contributed by atoms with van der Waals surface area (Å²) in [7, 11) is 0. The van der Waals surface area contributed by atoms with E-state index in [-0.39, 0.29) is 29.4 Å². The number of benzene rings is 1. The zero-order chi connectivity index (χ0) is 23.3. The molecule has 0 fully saturated rings. The van der Waals surface area contributed by atoms with Gasteiger partial charge >= 0.3 is 6.18 Å². The number of nitrogens with one attached hydrogen (secondary N) is 2. The molecule has 0 unspecified atom stereocenters. The lowest BCUT2D eigenvalue weighted by atomic mass is 10.1. The highest BCUT2D eigenvalue weighted by Gasteiger charge is 2.38. The van der Waals surface area contributed by atoms with Crippen molar-refractivity contribution in [3.8, 4) is 0 Å². The minimum atomic E-state index is -4.53. The van der Waals surface area contributed by atoms with Crippen LogP contribution in [-0.4, -0.2) is 33.7 Å². The maximum Gasteiger partial charge on any atom is 0.416 e. The van der Waals surface area contributed by atoms with Crippen LogP contribution in [0, 0.1) is 4.91 Å². The highest BCUT2D eigenvalue weighted by Crippen LogP contribution is 2.34. The Hall–Kier alpha value is -3.74. The topological polar surface area (TPSA) is 118 Å². The van der Waals surface area contributed by atoms with E-state index < -0.39 is 35.3 Å². The van der Waals surface area contributed by atoms with E-state index in [1.54, 1.807) is 19.9 Å². The minimum Gasteiger partial charge on any atom is -0.402 e. The number of carbonyl (C=O) groups excluding carboxylic acids is 2. The van der Waals surface area contributed by atoms with Gasteiger partial charge in [0.2, 0.25) is 11.9 Å². The van der Waals surface area contributed by atoms with E-state index in [9.17, 15) is 27.7 Å². The van der Waals surface area contributed by atoms with Crippen LogP contribution < -0.4 is 15.7 Å². The molecule has 3 heterocycles. The molecule has 2 aliphatic rings. The zero-order valence-corrected chi connectivity index (χ0v) is 16.8. The highest BCUT2D eigenvalue weighted by molar-refractivity contribution is 6.12. The number of carbonyl (C=O) groups is 2. The van der Waals surface area contributed by atoms with Gasteiger partial charge in [-0.1, -0.05) is 0 Å². The summed E-state index contributed by atoms with van der Waals surface area (Å²) in [6, 6.07) is 3.91. The van der Waals surface area contributed by atoms with Crippen LogP contribution in [-0.2, 0) is 15.8 Å². The molecule has 0 aliphatic carbocycles. The highest BCUT2D eigenvalue weighted by atomic mass is 19.4. The van der Waals surface area contributed by atoms with Crippen LogP contribution in [0.3, 0.4) is 0 Å². The van der Waals surface area contributed by atoms with Gasteiger partial charge in [-0.2, -0.15) is 18.3 Å². The molecule has 1 aromatic carbocycles. The summed E-state index contributed by atoms with van der Waals surface area (Å²) in [5.74, 6) is -1.35. The van der Waals surface area contributed by atoms with E-state index in [1.807, 2.05) is 0 Å². The van der Waals surface area contributed by atoms with E-state index in [0.29, 0.717) is 0 Å². The second-order valence-electron chi connectivity index (χ2n) is 7.79. The standard InChI is InChI=1S/C19H17F3N6O4/c1-18(2)7-13(32-26-18)16(29)24-12-8-23-28-14(25-31)9-27(17(30)15(12)28)11-5-3-10(4-6-11)19(20,21)22/h3-8,14,26H,9H2,1-2H3,(H,24,29)/t14-/m1/s1. The number of amides is 2. The van der Waals surface area contributed by atoms with Gasteiger partial charge in [-0.15, -0.1) is 10.4 Å². The molecule has 2 N–H and O–H groups in total. The van der Waals surface area contributed by atoms with Gasteiger partial charge in [0.1, 0.15) is 0 Å². The largest absolute Gasteiger partial charge is 0.416 e. The quantitative estimate of drug-likeness (QED) is 0.692. The molecular weight excluding hydrogens is 433 g/mol. The van der Waals surface area contributed by atoms with E-state index in [0.717, 1.165) is 33.8 Å². The number of anilines is 2. The van der Waals surface area contributed by atoms with Crippen LogP contribution in [0.25, 0.3) is 0 Å². The van der Waals surface area contributed by atoms with Crippen molar-refractivity contribution in [1.82, 2.24) is 15.3 Å². The SMILES string of the molecule is CC1(C)C=C(C(=O)Nc2cnn3c2C(=O)N(c2ccc(C(F)(F)F)cc2)C[C@@H]3N=O)ON1. The minimum absolute atomic E-state index is 0.000493. The average molecular weight is 450 g/mol. The molecule has 2 aliphatic heterocycles. The molecular formula is C19H17F3N6O4. The van der Waals surface area contributed by atoms with Gasteiger partial charge in [0.05, 0.1) is 29.5 Å². The van der Waals surface area contributed by atoms with Gasteiger partial charge in [-0.05, 0) is 49.4 Å². The first-order valence-electron chi connectivity index (χ1n) is 9.37. The van der Waals surface area contributed by atoms with Gasteiger partial charge < -0.3 is 15.1 Å². The summed E-state index contributed by atoms with van der Waals surface area (Å²) in [5.41, 5.74) is 1.19. The molecule has 0 radical (unpaired) electrons. The number of halogens is 3. The van der Waals surface area contributed by atoms with E-state index in [4.69, 9.17) is 4.84 Å². The molecule has 0 bridgehead atoms. The number of alkyl halides is 3. The van der Waals surface area contributed by atoms with E-state index in [2.05, 4.69) is 21.1 Å². The summed E-state index contributed by atoms with van der Waals surface area (Å²) in [6.07, 6.45) is -2.94. The molecule has 2 amide bonds. The van der Waals surface area contributed by atoms with Crippen molar-refractivity contribution in [2.75, 3.05) is 16.8 Å². The van der Waals surface area contributed by atoms with Gasteiger partial charge in [0.15, 0.2) is 5.69 Å². The molecule has 0 saturated heterocycles. The molecule has 1 aromatic heterocycles. The van der Waals surface area contributed by atoms with Crippen LogP contribution in [0.1, 0.15) is 36.1 Å². The molecule has 13 heteroatoms. The Kier molecular flexibility index (Phi) is 5.00. The number of fused-ring (bicyclic) bond motifs is 1. The van der Waals surface area contributed by atoms with Crippen LogP contribution in [0.5, 0.6) is 0 Å². The maximum absolute atomic E-state index is 13.1. The lowest BCUT2D eigenvalue weighted by Gasteiger charge is -2.30. The van der Waals surface area contributed by atoms with Gasteiger partial charge in [0.25, 0.3) is 11.8 Å². The maximum atomic E-state index is 13.1. The molecule has 10 nitrogen and oxygen atoms in total. The fraction of sp³-hybridized carbons (Fsp3) is 0.316. The van der Waals surface area contributed by atoms with Crippen LogP contribution in [0.2, 0.25) is 0 Å². The molecule has 4 rings (SSSR count). The molecule has 2 aromatic rings. The van der Waals surface area contributed by atoms with Crippen LogP contribution >= 0.6 is 0 Å². The summed E-state index contributed by atoms with van der Waals surface area (Å²) in [4.78, 5) is 43.3. The first-order chi connectivity index (χ1) is 15.0. The fourth-order valence-electron chi connectivity index (χ4n) is 3.34. The third-order valence-corrected chi connectivity index (χ3v) is 4.89. The molecule has 0 saturated carbocycles. The Morgan fingerprint density at radius 1 is 1.31 bits per heavy atom. The van der Waals surface area contributed by atoms with E-state index >= 15 is 0 Å².